The van der Waals surface area contributed by atoms with Gasteiger partial charge in [-0.25, -0.2) is 12.8 Å². The summed E-state index contributed by atoms with van der Waals surface area (Å²) in [4.78, 5) is 14.4. The number of benzene rings is 3. The van der Waals surface area contributed by atoms with E-state index in [0.29, 0.717) is 12.1 Å². The Morgan fingerprint density at radius 3 is 2.13 bits per heavy atom. The van der Waals surface area contributed by atoms with E-state index >= 15 is 0 Å². The predicted octanol–water partition coefficient (Wildman–Crippen LogP) is 4.03. The summed E-state index contributed by atoms with van der Waals surface area (Å²) in [5, 5.41) is 0. The van der Waals surface area contributed by atoms with Gasteiger partial charge in [0, 0.05) is 19.3 Å². The van der Waals surface area contributed by atoms with Crippen molar-refractivity contribution in [1.29, 1.82) is 0 Å². The molecule has 0 aromatic heterocycles. The molecule has 0 bridgehead atoms. The first-order valence-corrected chi connectivity index (χ1v) is 11.3. The quantitative estimate of drug-likeness (QED) is 0.531. The highest BCUT2D eigenvalue weighted by atomic mass is 32.2. The molecule has 0 fully saturated rings. The summed E-state index contributed by atoms with van der Waals surface area (Å²) in [6, 6.07) is 21.6. The highest BCUT2D eigenvalue weighted by molar-refractivity contribution is 7.89. The van der Waals surface area contributed by atoms with Crippen LogP contribution in [0.4, 0.5) is 10.1 Å². The zero-order valence-corrected chi connectivity index (χ0v) is 18.3. The number of halogens is 1. The van der Waals surface area contributed by atoms with Gasteiger partial charge >= 0.3 is 0 Å². The minimum atomic E-state index is -3.88. The molecule has 0 saturated heterocycles. The molecule has 0 radical (unpaired) electrons. The zero-order chi connectivity index (χ0) is 22.4. The van der Waals surface area contributed by atoms with Crippen LogP contribution in [0.3, 0.4) is 0 Å². The highest BCUT2D eigenvalue weighted by Gasteiger charge is 2.28. The summed E-state index contributed by atoms with van der Waals surface area (Å²) in [5.41, 5.74) is 2.41. The van der Waals surface area contributed by atoms with Crippen molar-refractivity contribution in [2.45, 2.75) is 18.2 Å². The van der Waals surface area contributed by atoms with Crippen molar-refractivity contribution in [3.63, 3.8) is 0 Å². The van der Waals surface area contributed by atoms with Crippen molar-refractivity contribution < 1.29 is 17.6 Å². The number of amides is 1. The van der Waals surface area contributed by atoms with Crippen LogP contribution in [0.15, 0.2) is 83.8 Å². The van der Waals surface area contributed by atoms with E-state index in [1.54, 1.807) is 31.3 Å². The number of hydrogen-bond donors (Lipinski definition) is 0. The van der Waals surface area contributed by atoms with Gasteiger partial charge in [0.05, 0.1) is 11.4 Å². The molecule has 0 N–H and O–H groups in total. The molecule has 5 nitrogen and oxygen atoms in total. The number of nitrogens with zero attached hydrogens (tertiary/aromatic N) is 2. The first-order chi connectivity index (χ1) is 14.8. The number of rotatable bonds is 8. The van der Waals surface area contributed by atoms with Crippen LogP contribution in [0.25, 0.3) is 0 Å². The molecule has 0 atom stereocenters. The maximum Gasteiger partial charge on any atom is 0.243 e. The topological polar surface area (TPSA) is 57.7 Å². The van der Waals surface area contributed by atoms with Crippen molar-refractivity contribution in [3.05, 3.63) is 95.8 Å². The van der Waals surface area contributed by atoms with Gasteiger partial charge in [-0.1, -0.05) is 48.0 Å². The molecule has 31 heavy (non-hydrogen) atoms. The summed E-state index contributed by atoms with van der Waals surface area (Å²) in [6.45, 7) is 1.71. The third-order valence-corrected chi connectivity index (χ3v) is 6.91. The Kier molecular flexibility index (Phi) is 7.20. The molecule has 0 saturated carbocycles. The smallest absolute Gasteiger partial charge is 0.243 e. The Bertz CT molecular complexity index is 1120. The van der Waals surface area contributed by atoms with E-state index in [1.807, 2.05) is 37.3 Å². The normalized spacial score (nSPS) is 11.5. The fraction of sp³-hybridized carbons (Fsp3) is 0.208. The van der Waals surface area contributed by atoms with E-state index in [9.17, 15) is 17.6 Å². The third-order valence-electron chi connectivity index (χ3n) is 5.05. The number of anilines is 1. The van der Waals surface area contributed by atoms with Crippen molar-refractivity contribution >= 4 is 21.6 Å². The first-order valence-electron chi connectivity index (χ1n) is 9.90. The lowest BCUT2D eigenvalue weighted by Gasteiger charge is -2.25. The fourth-order valence-corrected chi connectivity index (χ4v) is 4.50. The summed E-state index contributed by atoms with van der Waals surface area (Å²) >= 11 is 0. The molecule has 0 unspecified atom stereocenters. The van der Waals surface area contributed by atoms with E-state index < -0.39 is 21.7 Å². The van der Waals surface area contributed by atoms with Gasteiger partial charge in [0.15, 0.2) is 0 Å². The number of carbonyl (C=O) groups excluding carboxylic acids is 1. The van der Waals surface area contributed by atoms with Gasteiger partial charge in [-0.2, -0.15) is 4.31 Å². The van der Waals surface area contributed by atoms with Gasteiger partial charge in [-0.3, -0.25) is 4.79 Å². The van der Waals surface area contributed by atoms with Crippen LogP contribution >= 0.6 is 0 Å². The number of carbonyl (C=O) groups is 1. The molecule has 0 aliphatic rings. The fourth-order valence-electron chi connectivity index (χ4n) is 3.11. The average Bonchev–Trinajstić information content (AvgIpc) is 2.77. The second-order valence-corrected chi connectivity index (χ2v) is 9.25. The molecular weight excluding hydrogens is 415 g/mol. The van der Waals surface area contributed by atoms with E-state index in [4.69, 9.17) is 0 Å². The van der Waals surface area contributed by atoms with Gasteiger partial charge in [0.25, 0.3) is 0 Å². The van der Waals surface area contributed by atoms with Gasteiger partial charge in [-0.15, -0.1) is 0 Å². The summed E-state index contributed by atoms with van der Waals surface area (Å²) in [7, 11) is -2.33. The summed E-state index contributed by atoms with van der Waals surface area (Å²) < 4.78 is 41.0. The lowest BCUT2D eigenvalue weighted by molar-refractivity contribution is -0.118. The van der Waals surface area contributed by atoms with Crippen LogP contribution in [-0.2, 0) is 21.2 Å². The molecule has 3 aromatic carbocycles. The Morgan fingerprint density at radius 1 is 0.903 bits per heavy atom. The van der Waals surface area contributed by atoms with Gasteiger partial charge in [-0.05, 0) is 55.3 Å². The lowest BCUT2D eigenvalue weighted by Crippen LogP contribution is -2.42. The van der Waals surface area contributed by atoms with Crippen molar-refractivity contribution in [2.75, 3.05) is 25.0 Å². The van der Waals surface area contributed by atoms with E-state index in [1.165, 1.54) is 33.5 Å². The minimum absolute atomic E-state index is 0.142. The third kappa shape index (κ3) is 5.77. The SMILES string of the molecule is Cc1ccc(S(=O)(=O)N(CCc2ccccc2)CC(=O)N(C)c2ccc(F)cc2)cc1. The van der Waals surface area contributed by atoms with Crippen molar-refractivity contribution in [1.82, 2.24) is 4.31 Å². The summed E-state index contributed by atoms with van der Waals surface area (Å²) in [5.74, 6) is -0.814. The van der Waals surface area contributed by atoms with Crippen LogP contribution < -0.4 is 4.90 Å². The maximum atomic E-state index is 13.3. The van der Waals surface area contributed by atoms with Crippen LogP contribution in [0.5, 0.6) is 0 Å². The van der Waals surface area contributed by atoms with Gasteiger partial charge in [0.2, 0.25) is 15.9 Å². The average molecular weight is 441 g/mol. The maximum absolute atomic E-state index is 13.3. The minimum Gasteiger partial charge on any atom is -0.314 e. The first kappa shape index (κ1) is 22.7. The van der Waals surface area contributed by atoms with Gasteiger partial charge < -0.3 is 4.90 Å². The summed E-state index contributed by atoms with van der Waals surface area (Å²) in [6.07, 6.45) is 0.472. The second kappa shape index (κ2) is 9.85. The monoisotopic (exact) mass is 440 g/mol. The lowest BCUT2D eigenvalue weighted by atomic mass is 10.1. The van der Waals surface area contributed by atoms with E-state index in [2.05, 4.69) is 0 Å². The Hall–Kier alpha value is -3.03. The number of aryl methyl sites for hydroxylation is 1. The predicted molar refractivity (Wildman–Crippen MR) is 120 cm³/mol. The number of sulfonamides is 1. The Morgan fingerprint density at radius 2 is 1.52 bits per heavy atom. The number of likely N-dealkylation sites (N-methyl/N-ethyl adjacent to an activating group) is 1. The van der Waals surface area contributed by atoms with Crippen LogP contribution in [0, 0.1) is 12.7 Å². The van der Waals surface area contributed by atoms with Crippen LogP contribution in [0.1, 0.15) is 11.1 Å². The zero-order valence-electron chi connectivity index (χ0n) is 17.5. The van der Waals surface area contributed by atoms with E-state index in [0.717, 1.165) is 11.1 Å². The second-order valence-electron chi connectivity index (χ2n) is 7.32. The van der Waals surface area contributed by atoms with Crippen LogP contribution in [-0.4, -0.2) is 38.8 Å². The Labute approximate surface area is 182 Å². The van der Waals surface area contributed by atoms with Crippen molar-refractivity contribution in [3.8, 4) is 0 Å². The number of hydrogen-bond acceptors (Lipinski definition) is 3. The van der Waals surface area contributed by atoms with Gasteiger partial charge in [0.1, 0.15) is 5.82 Å². The molecule has 3 rings (SSSR count). The largest absolute Gasteiger partial charge is 0.314 e. The molecule has 7 heteroatoms. The molecule has 0 aliphatic heterocycles. The molecule has 0 aliphatic carbocycles. The molecule has 0 heterocycles. The van der Waals surface area contributed by atoms with Crippen molar-refractivity contribution in [2.24, 2.45) is 0 Å². The molecule has 3 aromatic rings. The standard InChI is InChI=1S/C24H25FN2O3S/c1-19-8-14-23(15-9-19)31(29,30)27(17-16-20-6-4-3-5-7-20)18-24(28)26(2)22-12-10-21(25)11-13-22/h3-15H,16-18H2,1-2H3. The molecule has 0 spiro atoms. The molecular formula is C24H25FN2O3S. The van der Waals surface area contributed by atoms with E-state index in [-0.39, 0.29) is 18.0 Å². The van der Waals surface area contributed by atoms with Crippen LogP contribution in [0.2, 0.25) is 0 Å². The highest BCUT2D eigenvalue weighted by Crippen LogP contribution is 2.19. The Balaban J connectivity index is 1.84. The molecule has 1 amide bonds. The molecule has 162 valence electrons.